The van der Waals surface area contributed by atoms with E-state index in [9.17, 15) is 30.3 Å². The van der Waals surface area contributed by atoms with Crippen molar-refractivity contribution in [3.63, 3.8) is 0 Å². The average molecular weight is 617 g/mol. The molecule has 0 amide bonds. The summed E-state index contributed by atoms with van der Waals surface area (Å²) in [6.45, 7) is 16.6. The van der Waals surface area contributed by atoms with Gasteiger partial charge in [-0.25, -0.2) is 0 Å². The predicted octanol–water partition coefficient (Wildman–Crippen LogP) is 5.72. The Morgan fingerprint density at radius 3 is 2.16 bits per heavy atom. The second-order valence-electron chi connectivity index (χ2n) is 18.3. The minimum atomic E-state index is -1.33. The van der Waals surface area contributed by atoms with Crippen molar-refractivity contribution in [3.8, 4) is 0 Å². The topological polar surface area (TPSA) is 127 Å². The van der Waals surface area contributed by atoms with Crippen LogP contribution in [0.15, 0.2) is 11.6 Å². The molecule has 0 bridgehead atoms. The van der Waals surface area contributed by atoms with E-state index in [-0.39, 0.29) is 38.9 Å². The number of rotatable bonds is 4. The van der Waals surface area contributed by atoms with E-state index in [0.717, 1.165) is 64.2 Å². The molecule has 7 nitrogen and oxygen atoms in total. The number of carboxylic acid groups (broad SMARTS) is 1. The molecule has 6 rings (SSSR count). The van der Waals surface area contributed by atoms with E-state index in [0.29, 0.717) is 18.3 Å². The molecule has 1 aliphatic heterocycles. The van der Waals surface area contributed by atoms with Crippen LogP contribution in [0.2, 0.25) is 0 Å². The number of ether oxygens (including phenoxy) is 1. The third-order valence-corrected chi connectivity index (χ3v) is 15.8. The fourth-order valence-corrected chi connectivity index (χ4v) is 12.8. The normalized spacial score (nSPS) is 52.9. The molecular formula is C37H60O7. The Kier molecular flexibility index (Phi) is 7.86. The number of hydrogen-bond donors (Lipinski definition) is 5. The maximum Gasteiger partial charge on any atom is 0.310 e. The van der Waals surface area contributed by atoms with Crippen LogP contribution in [0.1, 0.15) is 119 Å². The lowest BCUT2D eigenvalue weighted by Gasteiger charge is -2.71. The molecule has 5 aliphatic carbocycles. The zero-order chi connectivity index (χ0) is 32.3. The summed E-state index contributed by atoms with van der Waals surface area (Å²) in [5.74, 6) is 0.835. The number of aliphatic hydroxyl groups is 4. The van der Waals surface area contributed by atoms with Crippen molar-refractivity contribution in [1.29, 1.82) is 0 Å². The average Bonchev–Trinajstić information content (AvgIpc) is 2.94. The maximum absolute atomic E-state index is 12.9. The van der Waals surface area contributed by atoms with Gasteiger partial charge in [0, 0.05) is 0 Å². The smallest absolute Gasteiger partial charge is 0.310 e. The molecule has 0 aromatic carbocycles. The van der Waals surface area contributed by atoms with Crippen molar-refractivity contribution < 1.29 is 35.1 Å². The van der Waals surface area contributed by atoms with Crippen LogP contribution in [-0.4, -0.2) is 68.6 Å². The van der Waals surface area contributed by atoms with Gasteiger partial charge in [-0.3, -0.25) is 4.79 Å². The summed E-state index contributed by atoms with van der Waals surface area (Å²) in [7, 11) is 0. The van der Waals surface area contributed by atoms with Gasteiger partial charge in [0.1, 0.15) is 24.4 Å². The largest absolute Gasteiger partial charge is 0.481 e. The molecule has 13 atom stereocenters. The van der Waals surface area contributed by atoms with Gasteiger partial charge in [-0.1, -0.05) is 60.1 Å². The number of aliphatic carboxylic acids is 1. The zero-order valence-corrected chi connectivity index (χ0v) is 28.3. The molecule has 1 heterocycles. The molecule has 250 valence electrons. The van der Waals surface area contributed by atoms with Crippen molar-refractivity contribution in [2.24, 2.45) is 56.2 Å². The van der Waals surface area contributed by atoms with Gasteiger partial charge in [-0.05, 0) is 121 Å². The fraction of sp³-hybridized carbons (Fsp3) is 0.919. The highest BCUT2D eigenvalue weighted by Gasteiger charge is 2.69. The molecule has 6 aliphatic rings. The first-order valence-corrected chi connectivity index (χ1v) is 17.6. The highest BCUT2D eigenvalue weighted by molar-refractivity contribution is 5.76. The van der Waals surface area contributed by atoms with E-state index in [1.165, 1.54) is 5.57 Å². The summed E-state index contributed by atoms with van der Waals surface area (Å²) in [5.41, 5.74) is 1.24. The van der Waals surface area contributed by atoms with Gasteiger partial charge < -0.3 is 30.3 Å². The Morgan fingerprint density at radius 1 is 0.841 bits per heavy atom. The number of allylic oxidation sites excluding steroid dienone is 2. The summed E-state index contributed by atoms with van der Waals surface area (Å²) < 4.78 is 5.99. The summed E-state index contributed by atoms with van der Waals surface area (Å²) in [6, 6.07) is 0. The summed E-state index contributed by atoms with van der Waals surface area (Å²) in [5, 5.41) is 52.0. The Balaban J connectivity index is 1.29. The van der Waals surface area contributed by atoms with Crippen LogP contribution in [-0.2, 0) is 9.53 Å². The highest BCUT2D eigenvalue weighted by Crippen LogP contribution is 2.76. The molecular weight excluding hydrogens is 556 g/mol. The summed E-state index contributed by atoms with van der Waals surface area (Å²) in [6.07, 6.45) is 7.70. The van der Waals surface area contributed by atoms with Gasteiger partial charge >= 0.3 is 5.97 Å². The Hall–Kier alpha value is -0.990. The first-order chi connectivity index (χ1) is 20.4. The molecule has 4 saturated carbocycles. The fourth-order valence-electron chi connectivity index (χ4n) is 12.8. The Labute approximate surface area is 264 Å². The van der Waals surface area contributed by atoms with Crippen LogP contribution in [0.3, 0.4) is 0 Å². The second-order valence-corrected chi connectivity index (χ2v) is 18.3. The molecule has 0 radical (unpaired) electrons. The van der Waals surface area contributed by atoms with Crippen molar-refractivity contribution in [1.82, 2.24) is 0 Å². The van der Waals surface area contributed by atoms with Crippen molar-refractivity contribution >= 4 is 5.97 Å². The molecule has 5 N–H and O–H groups in total. The second kappa shape index (κ2) is 10.5. The Morgan fingerprint density at radius 2 is 1.50 bits per heavy atom. The van der Waals surface area contributed by atoms with Gasteiger partial charge in [0.05, 0.1) is 18.1 Å². The van der Waals surface area contributed by atoms with Crippen LogP contribution in [0.25, 0.3) is 0 Å². The number of fused-ring (bicyclic) bond motifs is 7. The van der Waals surface area contributed by atoms with Gasteiger partial charge in [0.15, 0.2) is 0 Å². The molecule has 44 heavy (non-hydrogen) atoms. The molecule has 1 saturated heterocycles. The molecule has 0 aromatic rings. The van der Waals surface area contributed by atoms with E-state index in [4.69, 9.17) is 4.74 Å². The number of carbonyl (C=O) groups is 1. The SMILES string of the molecule is CC1(C)CC[C@]2(C(=O)O)CC[C@]3(C)C(=CCC4[C@@]5(C)CC[C@H](C[C@H]6O[C@H](CO)[C@@H](O)C(O)C6O)C(C)(C)C5CC[C@]43C)C2C1. The minimum absolute atomic E-state index is 0.00173. The van der Waals surface area contributed by atoms with Crippen molar-refractivity contribution in [2.45, 2.75) is 150 Å². The standard InChI is InChI=1S/C37H60O7/c1-32(2)14-16-37(31(42)43)17-15-35(6)22(23(37)19-32)8-9-27-34(5)12-10-21(33(3,4)26(34)11-13-36(27,35)7)18-24-28(39)30(41)29(40)25(20-38)44-24/h8,21,23-30,38-41H,9-20H2,1-7H3,(H,42,43)/t21-,23?,24-,25-,26?,27?,28?,29-,30?,34+,35-,36-,37+/m1/s1. The molecule has 7 heteroatoms. The maximum atomic E-state index is 12.9. The van der Waals surface area contributed by atoms with Gasteiger partial charge in [0.25, 0.3) is 0 Å². The van der Waals surface area contributed by atoms with Crippen LogP contribution in [0.5, 0.6) is 0 Å². The van der Waals surface area contributed by atoms with E-state index >= 15 is 0 Å². The molecule has 5 fully saturated rings. The van der Waals surface area contributed by atoms with Gasteiger partial charge in [0.2, 0.25) is 0 Å². The third kappa shape index (κ3) is 4.41. The number of hydrogen-bond acceptors (Lipinski definition) is 6. The quantitative estimate of drug-likeness (QED) is 0.256. The first-order valence-electron chi connectivity index (χ1n) is 17.6. The Bertz CT molecular complexity index is 1180. The predicted molar refractivity (Wildman–Crippen MR) is 169 cm³/mol. The number of aliphatic hydroxyl groups excluding tert-OH is 4. The minimum Gasteiger partial charge on any atom is -0.481 e. The first kappa shape index (κ1) is 32.9. The summed E-state index contributed by atoms with van der Waals surface area (Å²) in [4.78, 5) is 12.9. The lowest BCUT2D eigenvalue weighted by Crippen LogP contribution is -2.65. The monoisotopic (exact) mass is 616 g/mol. The van der Waals surface area contributed by atoms with Crippen LogP contribution in [0.4, 0.5) is 0 Å². The molecule has 5 unspecified atom stereocenters. The molecule has 0 aromatic heterocycles. The van der Waals surface area contributed by atoms with Crippen molar-refractivity contribution in [3.05, 3.63) is 11.6 Å². The van der Waals surface area contributed by atoms with E-state index in [1.807, 2.05) is 0 Å². The van der Waals surface area contributed by atoms with E-state index in [2.05, 4.69) is 54.5 Å². The zero-order valence-electron chi connectivity index (χ0n) is 28.3. The molecule has 0 spiro atoms. The van der Waals surface area contributed by atoms with Crippen LogP contribution >= 0.6 is 0 Å². The van der Waals surface area contributed by atoms with Gasteiger partial charge in [-0.15, -0.1) is 0 Å². The van der Waals surface area contributed by atoms with Crippen LogP contribution < -0.4 is 0 Å². The van der Waals surface area contributed by atoms with Crippen LogP contribution in [0, 0.1) is 56.2 Å². The lowest BCUT2D eigenvalue weighted by atomic mass is 9.33. The van der Waals surface area contributed by atoms with Crippen molar-refractivity contribution in [2.75, 3.05) is 6.61 Å². The van der Waals surface area contributed by atoms with E-state index in [1.54, 1.807) is 0 Å². The lowest BCUT2D eigenvalue weighted by molar-refractivity contribution is -0.241. The summed E-state index contributed by atoms with van der Waals surface area (Å²) >= 11 is 0. The number of carboxylic acids is 1. The van der Waals surface area contributed by atoms with E-state index < -0.39 is 48.5 Å². The third-order valence-electron chi connectivity index (χ3n) is 15.8. The highest BCUT2D eigenvalue weighted by atomic mass is 16.5. The van der Waals surface area contributed by atoms with Gasteiger partial charge in [-0.2, -0.15) is 0 Å².